The highest BCUT2D eigenvalue weighted by molar-refractivity contribution is 7.92. The van der Waals surface area contributed by atoms with Crippen molar-refractivity contribution in [3.8, 4) is 5.75 Å². The van der Waals surface area contributed by atoms with E-state index in [1.807, 2.05) is 0 Å². The summed E-state index contributed by atoms with van der Waals surface area (Å²) >= 11 is 0. The Morgan fingerprint density at radius 1 is 1.10 bits per heavy atom. The average Bonchev–Trinajstić information content (AvgIpc) is 3.31. The van der Waals surface area contributed by atoms with E-state index in [2.05, 4.69) is 4.72 Å². The van der Waals surface area contributed by atoms with E-state index in [4.69, 9.17) is 9.47 Å². The number of epoxide rings is 1. The first-order valence-electron chi connectivity index (χ1n) is 6.56. The second-order valence-corrected chi connectivity index (χ2v) is 6.39. The summed E-state index contributed by atoms with van der Waals surface area (Å²) in [5.41, 5.74) is 0.494. The molecule has 1 unspecified atom stereocenters. The van der Waals surface area contributed by atoms with Crippen molar-refractivity contribution in [2.75, 3.05) is 17.9 Å². The Balaban J connectivity index is 1.66. The van der Waals surface area contributed by atoms with Crippen LogP contribution in [0.4, 0.5) is 5.69 Å². The molecule has 3 rings (SSSR count). The van der Waals surface area contributed by atoms with Crippen molar-refractivity contribution in [3.05, 3.63) is 54.6 Å². The van der Waals surface area contributed by atoms with Crippen LogP contribution in [-0.4, -0.2) is 27.7 Å². The lowest BCUT2D eigenvalue weighted by Crippen LogP contribution is -2.12. The Hall–Kier alpha value is -2.05. The fourth-order valence-corrected chi connectivity index (χ4v) is 2.87. The molecule has 1 heterocycles. The molecule has 1 aliphatic heterocycles. The van der Waals surface area contributed by atoms with Crippen LogP contribution in [0.1, 0.15) is 0 Å². The number of nitrogens with one attached hydrogen (secondary N) is 1. The van der Waals surface area contributed by atoms with Crippen LogP contribution in [0.3, 0.4) is 0 Å². The van der Waals surface area contributed by atoms with E-state index in [-0.39, 0.29) is 11.0 Å². The van der Waals surface area contributed by atoms with E-state index in [1.54, 1.807) is 54.6 Å². The fraction of sp³-hybridized carbons (Fsp3) is 0.200. The largest absolute Gasteiger partial charge is 0.491 e. The second kappa shape index (κ2) is 5.75. The van der Waals surface area contributed by atoms with E-state index < -0.39 is 10.0 Å². The topological polar surface area (TPSA) is 67.9 Å². The molecular formula is C15H15NO4S. The number of hydrogen-bond donors (Lipinski definition) is 1. The summed E-state index contributed by atoms with van der Waals surface area (Å²) in [6.07, 6.45) is 0.196. The molecule has 0 amide bonds. The Morgan fingerprint density at radius 3 is 2.38 bits per heavy atom. The Morgan fingerprint density at radius 2 is 1.76 bits per heavy atom. The first-order chi connectivity index (χ1) is 10.1. The second-order valence-electron chi connectivity index (χ2n) is 4.71. The lowest BCUT2D eigenvalue weighted by Gasteiger charge is -2.09. The molecule has 0 aromatic heterocycles. The molecule has 1 aliphatic rings. The van der Waals surface area contributed by atoms with Crippen LogP contribution in [0.15, 0.2) is 59.5 Å². The molecule has 2 aromatic rings. The molecule has 1 fully saturated rings. The van der Waals surface area contributed by atoms with Gasteiger partial charge < -0.3 is 9.47 Å². The molecule has 0 radical (unpaired) electrons. The van der Waals surface area contributed by atoms with Gasteiger partial charge in [0.25, 0.3) is 10.0 Å². The zero-order valence-electron chi connectivity index (χ0n) is 11.2. The number of anilines is 1. The molecular weight excluding hydrogens is 290 g/mol. The first kappa shape index (κ1) is 13.9. The summed E-state index contributed by atoms with van der Waals surface area (Å²) < 4.78 is 37.4. The Labute approximate surface area is 123 Å². The lowest BCUT2D eigenvalue weighted by molar-refractivity contribution is 0.263. The van der Waals surface area contributed by atoms with Gasteiger partial charge in [-0.1, -0.05) is 18.2 Å². The Bertz CT molecular complexity index is 694. The summed E-state index contributed by atoms with van der Waals surface area (Å²) in [6.45, 7) is 1.27. The monoisotopic (exact) mass is 305 g/mol. The molecule has 6 heteroatoms. The maximum atomic E-state index is 12.2. The van der Waals surface area contributed by atoms with Gasteiger partial charge >= 0.3 is 0 Å². The SMILES string of the molecule is O=S(=O)(Nc1ccc(OCC2CO2)cc1)c1ccccc1. The third kappa shape index (κ3) is 3.74. The third-order valence-electron chi connectivity index (χ3n) is 3.00. The molecule has 1 saturated heterocycles. The molecule has 5 nitrogen and oxygen atoms in total. The number of sulfonamides is 1. The van der Waals surface area contributed by atoms with Crippen LogP contribution >= 0.6 is 0 Å². The molecule has 0 aliphatic carbocycles. The standard InChI is InChI=1S/C15H15NO4S/c17-21(18,15-4-2-1-3-5-15)16-12-6-8-13(9-7-12)19-10-14-11-20-14/h1-9,14,16H,10-11H2. The van der Waals surface area contributed by atoms with Crippen molar-refractivity contribution in [1.29, 1.82) is 0 Å². The number of ether oxygens (including phenoxy) is 2. The van der Waals surface area contributed by atoms with Crippen molar-refractivity contribution in [1.82, 2.24) is 0 Å². The number of hydrogen-bond acceptors (Lipinski definition) is 4. The molecule has 0 bridgehead atoms. The van der Waals surface area contributed by atoms with Crippen LogP contribution in [0, 0.1) is 0 Å². The molecule has 0 saturated carbocycles. The van der Waals surface area contributed by atoms with Crippen LogP contribution in [0.5, 0.6) is 5.75 Å². The molecule has 1 N–H and O–H groups in total. The van der Waals surface area contributed by atoms with E-state index >= 15 is 0 Å². The lowest BCUT2D eigenvalue weighted by atomic mass is 10.3. The minimum Gasteiger partial charge on any atom is -0.491 e. The van der Waals surface area contributed by atoms with Crippen molar-refractivity contribution in [2.45, 2.75) is 11.0 Å². The van der Waals surface area contributed by atoms with Gasteiger partial charge in [-0.15, -0.1) is 0 Å². The van der Waals surface area contributed by atoms with E-state index in [0.717, 1.165) is 6.61 Å². The highest BCUT2D eigenvalue weighted by Gasteiger charge is 2.23. The van der Waals surface area contributed by atoms with E-state index in [1.165, 1.54) is 0 Å². The molecule has 1 atom stereocenters. The van der Waals surface area contributed by atoms with E-state index in [0.29, 0.717) is 18.0 Å². The summed E-state index contributed by atoms with van der Waals surface area (Å²) in [5, 5.41) is 0. The van der Waals surface area contributed by atoms with Gasteiger partial charge in [-0.05, 0) is 36.4 Å². The van der Waals surface area contributed by atoms with Gasteiger partial charge in [0, 0.05) is 5.69 Å². The van der Waals surface area contributed by atoms with Crippen LogP contribution < -0.4 is 9.46 Å². The van der Waals surface area contributed by atoms with Gasteiger partial charge in [-0.2, -0.15) is 0 Å². The smallest absolute Gasteiger partial charge is 0.261 e. The molecule has 0 spiro atoms. The van der Waals surface area contributed by atoms with Gasteiger partial charge in [0.15, 0.2) is 0 Å². The van der Waals surface area contributed by atoms with Crippen molar-refractivity contribution in [2.24, 2.45) is 0 Å². The van der Waals surface area contributed by atoms with Gasteiger partial charge in [0.1, 0.15) is 18.5 Å². The van der Waals surface area contributed by atoms with Gasteiger partial charge in [-0.3, -0.25) is 4.72 Å². The average molecular weight is 305 g/mol. The Kier molecular flexibility index (Phi) is 3.81. The number of benzene rings is 2. The third-order valence-corrected chi connectivity index (χ3v) is 4.40. The van der Waals surface area contributed by atoms with Gasteiger partial charge in [0.2, 0.25) is 0 Å². The maximum absolute atomic E-state index is 12.2. The number of rotatable bonds is 6. The molecule has 2 aromatic carbocycles. The predicted molar refractivity (Wildman–Crippen MR) is 78.9 cm³/mol. The summed E-state index contributed by atoms with van der Waals surface area (Å²) in [7, 11) is -3.55. The zero-order valence-corrected chi connectivity index (χ0v) is 12.0. The van der Waals surface area contributed by atoms with Crippen LogP contribution in [-0.2, 0) is 14.8 Å². The van der Waals surface area contributed by atoms with E-state index in [9.17, 15) is 8.42 Å². The zero-order chi connectivity index (χ0) is 14.7. The van der Waals surface area contributed by atoms with Gasteiger partial charge in [0.05, 0.1) is 11.5 Å². The van der Waals surface area contributed by atoms with Crippen molar-refractivity contribution in [3.63, 3.8) is 0 Å². The maximum Gasteiger partial charge on any atom is 0.261 e. The molecule has 21 heavy (non-hydrogen) atoms. The highest BCUT2D eigenvalue weighted by Crippen LogP contribution is 2.20. The highest BCUT2D eigenvalue weighted by atomic mass is 32.2. The summed E-state index contributed by atoms with van der Waals surface area (Å²) in [5.74, 6) is 0.688. The first-order valence-corrected chi connectivity index (χ1v) is 8.04. The predicted octanol–water partition coefficient (Wildman–Crippen LogP) is 2.27. The molecule has 110 valence electrons. The normalized spacial score (nSPS) is 17.2. The minimum atomic E-state index is -3.55. The van der Waals surface area contributed by atoms with Crippen molar-refractivity contribution >= 4 is 15.7 Å². The fourth-order valence-electron chi connectivity index (χ4n) is 1.79. The minimum absolute atomic E-state index is 0.196. The van der Waals surface area contributed by atoms with Crippen molar-refractivity contribution < 1.29 is 17.9 Å². The quantitative estimate of drug-likeness (QED) is 0.831. The summed E-state index contributed by atoms with van der Waals surface area (Å²) in [6, 6.07) is 15.0. The summed E-state index contributed by atoms with van der Waals surface area (Å²) in [4.78, 5) is 0.233. The van der Waals surface area contributed by atoms with Gasteiger partial charge in [-0.25, -0.2) is 8.42 Å². The van der Waals surface area contributed by atoms with Crippen LogP contribution in [0.2, 0.25) is 0 Å². The van der Waals surface area contributed by atoms with Crippen LogP contribution in [0.25, 0.3) is 0 Å².